The second-order valence-electron chi connectivity index (χ2n) is 3.31. The number of benzene rings is 1. The average molecular weight is 205 g/mol. The number of nitrogens with zero attached hydrogens (tertiary/aromatic N) is 2. The van der Waals surface area contributed by atoms with E-state index in [0.29, 0.717) is 6.54 Å². The van der Waals surface area contributed by atoms with E-state index in [2.05, 4.69) is 10.4 Å². The topological polar surface area (TPSA) is 29.9 Å². The molecule has 0 amide bonds. The molecule has 0 atom stereocenters. The van der Waals surface area contributed by atoms with Crippen molar-refractivity contribution in [1.82, 2.24) is 9.78 Å². The van der Waals surface area contributed by atoms with Crippen molar-refractivity contribution >= 4 is 5.69 Å². The van der Waals surface area contributed by atoms with Crippen molar-refractivity contribution in [2.24, 2.45) is 7.05 Å². The minimum absolute atomic E-state index is 0.221. The van der Waals surface area contributed by atoms with Crippen LogP contribution in [-0.4, -0.2) is 9.78 Å². The Kier molecular flexibility index (Phi) is 2.67. The summed E-state index contributed by atoms with van der Waals surface area (Å²) in [4.78, 5) is 0. The van der Waals surface area contributed by atoms with Crippen molar-refractivity contribution in [2.75, 3.05) is 5.32 Å². The Morgan fingerprint density at radius 1 is 1.27 bits per heavy atom. The molecule has 0 aliphatic carbocycles. The molecule has 1 aromatic carbocycles. The van der Waals surface area contributed by atoms with E-state index < -0.39 is 0 Å². The van der Waals surface area contributed by atoms with Gasteiger partial charge in [-0.15, -0.1) is 0 Å². The molecule has 1 N–H and O–H groups in total. The van der Waals surface area contributed by atoms with Crippen molar-refractivity contribution in [3.63, 3.8) is 0 Å². The fraction of sp³-hybridized carbons (Fsp3) is 0.182. The van der Waals surface area contributed by atoms with E-state index in [4.69, 9.17) is 0 Å². The van der Waals surface area contributed by atoms with Gasteiger partial charge in [0.25, 0.3) is 0 Å². The SMILES string of the molecule is Cn1nccc1CNc1ccc(F)cc1. The molecule has 2 aromatic rings. The van der Waals surface area contributed by atoms with Crippen molar-refractivity contribution in [3.8, 4) is 0 Å². The van der Waals surface area contributed by atoms with E-state index in [1.165, 1.54) is 12.1 Å². The second-order valence-corrected chi connectivity index (χ2v) is 3.31. The maximum absolute atomic E-state index is 12.6. The van der Waals surface area contributed by atoms with E-state index in [9.17, 15) is 4.39 Å². The number of anilines is 1. The van der Waals surface area contributed by atoms with E-state index >= 15 is 0 Å². The normalized spacial score (nSPS) is 10.3. The molecule has 0 bridgehead atoms. The van der Waals surface area contributed by atoms with Gasteiger partial charge in [-0.2, -0.15) is 5.10 Å². The predicted octanol–water partition coefficient (Wildman–Crippen LogP) is 2.17. The summed E-state index contributed by atoms with van der Waals surface area (Å²) >= 11 is 0. The number of nitrogens with one attached hydrogen (secondary N) is 1. The van der Waals surface area contributed by atoms with Gasteiger partial charge in [-0.05, 0) is 30.3 Å². The van der Waals surface area contributed by atoms with Crippen molar-refractivity contribution in [2.45, 2.75) is 6.54 Å². The highest BCUT2D eigenvalue weighted by Crippen LogP contribution is 2.09. The minimum Gasteiger partial charge on any atom is -0.379 e. The first-order chi connectivity index (χ1) is 7.25. The third kappa shape index (κ3) is 2.34. The summed E-state index contributed by atoms with van der Waals surface area (Å²) in [5, 5.41) is 7.25. The van der Waals surface area contributed by atoms with Gasteiger partial charge in [-0.1, -0.05) is 0 Å². The summed E-state index contributed by atoms with van der Waals surface area (Å²) in [5.41, 5.74) is 1.98. The smallest absolute Gasteiger partial charge is 0.123 e. The zero-order valence-electron chi connectivity index (χ0n) is 8.44. The molecule has 0 aliphatic rings. The van der Waals surface area contributed by atoms with Crippen molar-refractivity contribution in [1.29, 1.82) is 0 Å². The van der Waals surface area contributed by atoms with Gasteiger partial charge in [0.1, 0.15) is 5.82 Å². The number of hydrogen-bond acceptors (Lipinski definition) is 2. The Balaban J connectivity index is 1.99. The summed E-state index contributed by atoms with van der Waals surface area (Å²) in [6, 6.07) is 8.24. The lowest BCUT2D eigenvalue weighted by Crippen LogP contribution is -2.05. The summed E-state index contributed by atoms with van der Waals surface area (Å²) in [7, 11) is 1.89. The van der Waals surface area contributed by atoms with Crippen molar-refractivity contribution < 1.29 is 4.39 Å². The summed E-state index contributed by atoms with van der Waals surface area (Å²) in [6.45, 7) is 0.683. The molecule has 1 aromatic heterocycles. The van der Waals surface area contributed by atoms with Gasteiger partial charge in [0.2, 0.25) is 0 Å². The van der Waals surface area contributed by atoms with Crippen LogP contribution in [0.4, 0.5) is 10.1 Å². The zero-order chi connectivity index (χ0) is 10.7. The Morgan fingerprint density at radius 2 is 2.00 bits per heavy atom. The third-order valence-electron chi connectivity index (χ3n) is 2.24. The summed E-state index contributed by atoms with van der Waals surface area (Å²) in [5.74, 6) is -0.221. The largest absolute Gasteiger partial charge is 0.379 e. The second kappa shape index (κ2) is 4.13. The molecule has 0 radical (unpaired) electrons. The molecule has 4 heteroatoms. The molecule has 78 valence electrons. The quantitative estimate of drug-likeness (QED) is 0.832. The molecule has 0 spiro atoms. The molecule has 15 heavy (non-hydrogen) atoms. The average Bonchev–Trinajstić information content (AvgIpc) is 2.63. The van der Waals surface area contributed by atoms with Crippen LogP contribution in [0.25, 0.3) is 0 Å². The number of aromatic nitrogens is 2. The highest BCUT2D eigenvalue weighted by molar-refractivity contribution is 5.43. The van der Waals surface area contributed by atoms with Gasteiger partial charge >= 0.3 is 0 Å². The molecule has 0 saturated carbocycles. The zero-order valence-corrected chi connectivity index (χ0v) is 8.44. The standard InChI is InChI=1S/C11H12FN3/c1-15-11(6-7-14-15)8-13-10-4-2-9(12)3-5-10/h2-7,13H,8H2,1H3. The Bertz CT molecular complexity index is 433. The van der Waals surface area contributed by atoms with Gasteiger partial charge in [0, 0.05) is 18.9 Å². The molecular formula is C11H12FN3. The van der Waals surface area contributed by atoms with Crippen LogP contribution in [0.2, 0.25) is 0 Å². The Hall–Kier alpha value is -1.84. The predicted molar refractivity (Wildman–Crippen MR) is 56.9 cm³/mol. The molecule has 0 fully saturated rings. The van der Waals surface area contributed by atoms with Crippen LogP contribution in [0.15, 0.2) is 36.5 Å². The lowest BCUT2D eigenvalue weighted by atomic mass is 10.3. The van der Waals surface area contributed by atoms with Crippen LogP contribution >= 0.6 is 0 Å². The first kappa shape index (κ1) is 9.71. The number of rotatable bonds is 3. The van der Waals surface area contributed by atoms with E-state index in [1.807, 2.05) is 13.1 Å². The summed E-state index contributed by atoms with van der Waals surface area (Å²) < 4.78 is 14.4. The molecule has 0 saturated heterocycles. The molecule has 0 unspecified atom stereocenters. The van der Waals surface area contributed by atoms with Crippen LogP contribution in [0.1, 0.15) is 5.69 Å². The molecule has 1 heterocycles. The third-order valence-corrected chi connectivity index (χ3v) is 2.24. The fourth-order valence-corrected chi connectivity index (χ4v) is 1.34. The number of hydrogen-bond donors (Lipinski definition) is 1. The van der Waals surface area contributed by atoms with Crippen LogP contribution in [0.5, 0.6) is 0 Å². The number of aryl methyl sites for hydroxylation is 1. The van der Waals surface area contributed by atoms with Gasteiger partial charge in [-0.3, -0.25) is 4.68 Å². The fourth-order valence-electron chi connectivity index (χ4n) is 1.34. The molecule has 3 nitrogen and oxygen atoms in total. The van der Waals surface area contributed by atoms with E-state index in [-0.39, 0.29) is 5.82 Å². The van der Waals surface area contributed by atoms with Crippen LogP contribution in [0, 0.1) is 5.82 Å². The first-order valence-corrected chi connectivity index (χ1v) is 4.72. The lowest BCUT2D eigenvalue weighted by molar-refractivity contribution is 0.628. The van der Waals surface area contributed by atoms with Gasteiger partial charge < -0.3 is 5.32 Å². The Morgan fingerprint density at radius 3 is 2.60 bits per heavy atom. The van der Waals surface area contributed by atoms with Gasteiger partial charge in [0.15, 0.2) is 0 Å². The van der Waals surface area contributed by atoms with Crippen LogP contribution < -0.4 is 5.32 Å². The highest BCUT2D eigenvalue weighted by atomic mass is 19.1. The highest BCUT2D eigenvalue weighted by Gasteiger charge is 1.98. The maximum atomic E-state index is 12.6. The minimum atomic E-state index is -0.221. The van der Waals surface area contributed by atoms with Crippen LogP contribution in [0.3, 0.4) is 0 Å². The Labute approximate surface area is 87.5 Å². The lowest BCUT2D eigenvalue weighted by Gasteiger charge is -2.06. The summed E-state index contributed by atoms with van der Waals surface area (Å²) in [6.07, 6.45) is 1.75. The maximum Gasteiger partial charge on any atom is 0.123 e. The van der Waals surface area contributed by atoms with E-state index in [0.717, 1.165) is 11.4 Å². The van der Waals surface area contributed by atoms with Crippen LogP contribution in [-0.2, 0) is 13.6 Å². The monoisotopic (exact) mass is 205 g/mol. The number of halogens is 1. The van der Waals surface area contributed by atoms with E-state index in [1.54, 1.807) is 23.0 Å². The van der Waals surface area contributed by atoms with Crippen molar-refractivity contribution in [3.05, 3.63) is 48.0 Å². The van der Waals surface area contributed by atoms with Gasteiger partial charge in [-0.25, -0.2) is 4.39 Å². The molecular weight excluding hydrogens is 193 g/mol. The van der Waals surface area contributed by atoms with Gasteiger partial charge in [0.05, 0.1) is 12.2 Å². The first-order valence-electron chi connectivity index (χ1n) is 4.72. The molecule has 0 aliphatic heterocycles. The molecule has 2 rings (SSSR count).